The molecule has 1 aliphatic carbocycles. The summed E-state index contributed by atoms with van der Waals surface area (Å²) in [7, 11) is 4.22. The number of carbonyl (C=O) groups excluding carboxylic acids is 1. The Morgan fingerprint density at radius 2 is 1.62 bits per heavy atom. The molecular weight excluding hydrogens is 202 g/mol. The topological polar surface area (TPSA) is 29.5 Å². The third kappa shape index (κ3) is 4.12. The van der Waals surface area contributed by atoms with Crippen molar-refractivity contribution in [3.63, 3.8) is 0 Å². The van der Waals surface area contributed by atoms with Crippen molar-refractivity contribution in [2.24, 2.45) is 5.92 Å². The molecule has 1 rings (SSSR count). The normalized spacial score (nSPS) is 26.9. The number of nitrogens with zero attached hydrogens (tertiary/aromatic N) is 1. The SMILES string of the molecule is CN(C)C1CCC(C(=O)OC(C)(C)C)CC1. The van der Waals surface area contributed by atoms with Gasteiger partial charge in [-0.05, 0) is 60.5 Å². The van der Waals surface area contributed by atoms with Crippen molar-refractivity contribution in [2.75, 3.05) is 14.1 Å². The Morgan fingerprint density at radius 3 is 2.00 bits per heavy atom. The van der Waals surface area contributed by atoms with Gasteiger partial charge in [-0.2, -0.15) is 0 Å². The van der Waals surface area contributed by atoms with Gasteiger partial charge in [0.25, 0.3) is 0 Å². The molecule has 0 aliphatic heterocycles. The van der Waals surface area contributed by atoms with Gasteiger partial charge >= 0.3 is 5.97 Å². The average Bonchev–Trinajstić information content (AvgIpc) is 2.15. The smallest absolute Gasteiger partial charge is 0.309 e. The first-order valence-corrected chi connectivity index (χ1v) is 6.19. The van der Waals surface area contributed by atoms with Gasteiger partial charge in [-0.15, -0.1) is 0 Å². The lowest BCUT2D eigenvalue weighted by Crippen LogP contribution is -2.36. The standard InChI is InChI=1S/C13H25NO2/c1-13(2,3)16-12(15)10-6-8-11(9-7-10)14(4)5/h10-11H,6-9H2,1-5H3. The molecule has 0 N–H and O–H groups in total. The number of ether oxygens (including phenoxy) is 1. The largest absolute Gasteiger partial charge is 0.460 e. The van der Waals surface area contributed by atoms with Crippen molar-refractivity contribution in [2.45, 2.75) is 58.1 Å². The van der Waals surface area contributed by atoms with E-state index in [1.807, 2.05) is 20.8 Å². The van der Waals surface area contributed by atoms with E-state index < -0.39 is 0 Å². The second kappa shape index (κ2) is 5.17. The van der Waals surface area contributed by atoms with E-state index in [0.717, 1.165) is 25.7 Å². The minimum absolute atomic E-state index is 0.00953. The predicted molar refractivity (Wildman–Crippen MR) is 65.3 cm³/mol. The van der Waals surface area contributed by atoms with E-state index in [0.29, 0.717) is 6.04 Å². The second-order valence-electron chi connectivity index (χ2n) is 6.00. The van der Waals surface area contributed by atoms with Gasteiger partial charge in [-0.1, -0.05) is 0 Å². The van der Waals surface area contributed by atoms with Crippen LogP contribution in [0.15, 0.2) is 0 Å². The fraction of sp³-hybridized carbons (Fsp3) is 0.923. The Kier molecular flexibility index (Phi) is 4.36. The van der Waals surface area contributed by atoms with Crippen molar-refractivity contribution in [1.29, 1.82) is 0 Å². The highest BCUT2D eigenvalue weighted by molar-refractivity contribution is 5.73. The first-order chi connectivity index (χ1) is 7.29. The molecule has 3 nitrogen and oxygen atoms in total. The van der Waals surface area contributed by atoms with E-state index in [2.05, 4.69) is 19.0 Å². The monoisotopic (exact) mass is 227 g/mol. The Labute approximate surface area is 99.1 Å². The third-order valence-electron chi connectivity index (χ3n) is 3.17. The van der Waals surface area contributed by atoms with Crippen molar-refractivity contribution in [1.82, 2.24) is 4.90 Å². The maximum atomic E-state index is 11.9. The zero-order valence-corrected chi connectivity index (χ0v) is 11.2. The van der Waals surface area contributed by atoms with Gasteiger partial charge in [0.1, 0.15) is 5.60 Å². The molecule has 0 heterocycles. The highest BCUT2D eigenvalue weighted by atomic mass is 16.6. The highest BCUT2D eigenvalue weighted by Gasteiger charge is 2.30. The van der Waals surface area contributed by atoms with Gasteiger partial charge in [0.2, 0.25) is 0 Å². The van der Waals surface area contributed by atoms with Gasteiger partial charge in [0.15, 0.2) is 0 Å². The van der Waals surface area contributed by atoms with Gasteiger partial charge in [0.05, 0.1) is 5.92 Å². The van der Waals surface area contributed by atoms with Crippen molar-refractivity contribution in [3.05, 3.63) is 0 Å². The average molecular weight is 227 g/mol. The molecule has 0 unspecified atom stereocenters. The number of hydrogen-bond acceptors (Lipinski definition) is 3. The number of rotatable bonds is 2. The molecule has 94 valence electrons. The molecule has 0 aromatic heterocycles. The molecule has 0 spiro atoms. The molecule has 0 saturated heterocycles. The minimum Gasteiger partial charge on any atom is -0.460 e. The fourth-order valence-corrected chi connectivity index (χ4v) is 2.21. The lowest BCUT2D eigenvalue weighted by atomic mass is 9.85. The zero-order valence-electron chi connectivity index (χ0n) is 11.2. The molecule has 3 heteroatoms. The molecule has 1 saturated carbocycles. The molecular formula is C13H25NO2. The number of carbonyl (C=O) groups is 1. The molecule has 0 radical (unpaired) electrons. The van der Waals surface area contributed by atoms with Crippen LogP contribution in [0.3, 0.4) is 0 Å². The number of hydrogen-bond donors (Lipinski definition) is 0. The molecule has 1 fully saturated rings. The van der Waals surface area contributed by atoms with Crippen LogP contribution in [0.1, 0.15) is 46.5 Å². The van der Waals surface area contributed by atoms with Gasteiger partial charge in [-0.3, -0.25) is 4.79 Å². The second-order valence-corrected chi connectivity index (χ2v) is 6.00. The van der Waals surface area contributed by atoms with E-state index in [4.69, 9.17) is 4.74 Å². The Balaban J connectivity index is 2.39. The fourth-order valence-electron chi connectivity index (χ4n) is 2.21. The van der Waals surface area contributed by atoms with Crippen LogP contribution in [-0.2, 0) is 9.53 Å². The molecule has 16 heavy (non-hydrogen) atoms. The van der Waals surface area contributed by atoms with E-state index in [-0.39, 0.29) is 17.5 Å². The van der Waals surface area contributed by atoms with Crippen LogP contribution in [0.5, 0.6) is 0 Å². The van der Waals surface area contributed by atoms with Crippen molar-refractivity contribution in [3.8, 4) is 0 Å². The van der Waals surface area contributed by atoms with Crippen LogP contribution in [0.4, 0.5) is 0 Å². The Bertz CT molecular complexity index is 235. The molecule has 0 aromatic rings. The maximum absolute atomic E-state index is 11.9. The molecule has 1 aliphatic rings. The maximum Gasteiger partial charge on any atom is 0.309 e. The summed E-state index contributed by atoms with van der Waals surface area (Å²) in [6.45, 7) is 5.78. The third-order valence-corrected chi connectivity index (χ3v) is 3.17. The predicted octanol–water partition coefficient (Wildman–Crippen LogP) is 2.45. The lowest BCUT2D eigenvalue weighted by molar-refractivity contribution is -0.161. The molecule has 0 aromatic carbocycles. The molecule has 0 amide bonds. The van der Waals surface area contributed by atoms with E-state index in [9.17, 15) is 4.79 Å². The van der Waals surface area contributed by atoms with Crippen molar-refractivity contribution >= 4 is 5.97 Å². The first kappa shape index (κ1) is 13.5. The van der Waals surface area contributed by atoms with Crippen LogP contribution in [0, 0.1) is 5.92 Å². The zero-order chi connectivity index (χ0) is 12.3. The summed E-state index contributed by atoms with van der Waals surface area (Å²) in [5.74, 6) is 0.111. The summed E-state index contributed by atoms with van der Waals surface area (Å²) in [6.07, 6.45) is 4.16. The first-order valence-electron chi connectivity index (χ1n) is 6.19. The lowest BCUT2D eigenvalue weighted by Gasteiger charge is -2.32. The van der Waals surface area contributed by atoms with Crippen LogP contribution >= 0.6 is 0 Å². The van der Waals surface area contributed by atoms with Crippen LogP contribution < -0.4 is 0 Å². The van der Waals surface area contributed by atoms with Gasteiger partial charge in [0, 0.05) is 6.04 Å². The van der Waals surface area contributed by atoms with E-state index in [1.54, 1.807) is 0 Å². The summed E-state index contributed by atoms with van der Waals surface area (Å²) < 4.78 is 5.42. The van der Waals surface area contributed by atoms with Crippen LogP contribution in [-0.4, -0.2) is 36.6 Å². The summed E-state index contributed by atoms with van der Waals surface area (Å²) in [6, 6.07) is 0.638. The van der Waals surface area contributed by atoms with Crippen LogP contribution in [0.25, 0.3) is 0 Å². The summed E-state index contributed by atoms with van der Waals surface area (Å²) in [5, 5.41) is 0. The van der Waals surface area contributed by atoms with E-state index in [1.165, 1.54) is 0 Å². The summed E-state index contributed by atoms with van der Waals surface area (Å²) in [4.78, 5) is 14.1. The minimum atomic E-state index is -0.352. The molecule has 0 atom stereocenters. The quantitative estimate of drug-likeness (QED) is 0.679. The number of esters is 1. The van der Waals surface area contributed by atoms with Crippen molar-refractivity contribution < 1.29 is 9.53 Å². The van der Waals surface area contributed by atoms with Gasteiger partial charge < -0.3 is 9.64 Å². The Morgan fingerprint density at radius 1 is 1.12 bits per heavy atom. The highest BCUT2D eigenvalue weighted by Crippen LogP contribution is 2.28. The summed E-state index contributed by atoms with van der Waals surface area (Å²) in [5.41, 5.74) is -0.352. The Hall–Kier alpha value is -0.570. The van der Waals surface area contributed by atoms with Crippen LogP contribution in [0.2, 0.25) is 0 Å². The summed E-state index contributed by atoms with van der Waals surface area (Å²) >= 11 is 0. The molecule has 0 bridgehead atoms. The van der Waals surface area contributed by atoms with Gasteiger partial charge in [-0.25, -0.2) is 0 Å². The van der Waals surface area contributed by atoms with E-state index >= 15 is 0 Å².